The fourth-order valence-electron chi connectivity index (χ4n) is 1.46. The van der Waals surface area contributed by atoms with Crippen molar-refractivity contribution in [3.05, 3.63) is 11.8 Å². The molecule has 0 saturated carbocycles. The standard InChI is InChI=1S/C11H18O2/c1-2-3-4-5-7-10-8-6-9-11(12)13-10/h7H,2-6,8-9H2,1H3. The van der Waals surface area contributed by atoms with Gasteiger partial charge in [0.15, 0.2) is 0 Å². The van der Waals surface area contributed by atoms with Crippen molar-refractivity contribution in [2.45, 2.75) is 51.9 Å². The molecule has 74 valence electrons. The smallest absolute Gasteiger partial charge is 0.310 e. The molecule has 0 aliphatic carbocycles. The second-order valence-corrected chi connectivity index (χ2v) is 3.49. The highest BCUT2D eigenvalue weighted by Crippen LogP contribution is 2.18. The minimum absolute atomic E-state index is 0.0620. The summed E-state index contributed by atoms with van der Waals surface area (Å²) < 4.78 is 5.09. The van der Waals surface area contributed by atoms with Gasteiger partial charge in [-0.1, -0.05) is 19.8 Å². The van der Waals surface area contributed by atoms with Crippen LogP contribution in [0.5, 0.6) is 0 Å². The summed E-state index contributed by atoms with van der Waals surface area (Å²) in [5, 5.41) is 0. The van der Waals surface area contributed by atoms with E-state index in [1.807, 2.05) is 0 Å². The minimum Gasteiger partial charge on any atom is -0.431 e. The predicted octanol–water partition coefficient (Wildman–Crippen LogP) is 3.18. The zero-order valence-corrected chi connectivity index (χ0v) is 8.34. The average molecular weight is 182 g/mol. The number of rotatable bonds is 4. The normalized spacial score (nSPS) is 20.4. The molecule has 0 aromatic carbocycles. The molecule has 0 atom stereocenters. The Morgan fingerprint density at radius 3 is 2.92 bits per heavy atom. The summed E-state index contributed by atoms with van der Waals surface area (Å²) in [5.74, 6) is 0.834. The second-order valence-electron chi connectivity index (χ2n) is 3.49. The quantitative estimate of drug-likeness (QED) is 0.493. The van der Waals surface area contributed by atoms with Gasteiger partial charge in [-0.3, -0.25) is 4.79 Å². The number of hydrogen-bond donors (Lipinski definition) is 0. The molecule has 0 unspecified atom stereocenters. The van der Waals surface area contributed by atoms with Crippen LogP contribution >= 0.6 is 0 Å². The van der Waals surface area contributed by atoms with Crippen LogP contribution in [0.3, 0.4) is 0 Å². The van der Waals surface area contributed by atoms with Crippen molar-refractivity contribution < 1.29 is 9.53 Å². The molecule has 0 aromatic rings. The molecule has 1 saturated heterocycles. The fourth-order valence-corrected chi connectivity index (χ4v) is 1.46. The first-order valence-corrected chi connectivity index (χ1v) is 5.22. The molecule has 1 aliphatic heterocycles. The van der Waals surface area contributed by atoms with Gasteiger partial charge in [0.2, 0.25) is 0 Å². The molecule has 1 fully saturated rings. The van der Waals surface area contributed by atoms with Crippen molar-refractivity contribution >= 4 is 5.97 Å². The first-order chi connectivity index (χ1) is 6.33. The lowest BCUT2D eigenvalue weighted by atomic mass is 10.1. The largest absolute Gasteiger partial charge is 0.431 e. The number of ether oxygens (including phenoxy) is 1. The summed E-state index contributed by atoms with van der Waals surface area (Å²) in [7, 11) is 0. The van der Waals surface area contributed by atoms with Crippen LogP contribution in [0.1, 0.15) is 51.9 Å². The first kappa shape index (κ1) is 10.3. The van der Waals surface area contributed by atoms with Gasteiger partial charge in [0, 0.05) is 12.8 Å². The summed E-state index contributed by atoms with van der Waals surface area (Å²) in [6.45, 7) is 2.19. The van der Waals surface area contributed by atoms with Gasteiger partial charge in [0.25, 0.3) is 0 Å². The van der Waals surface area contributed by atoms with Crippen molar-refractivity contribution in [2.75, 3.05) is 0 Å². The Balaban J connectivity index is 2.21. The van der Waals surface area contributed by atoms with Crippen LogP contribution in [0.4, 0.5) is 0 Å². The molecule has 0 radical (unpaired) electrons. The minimum atomic E-state index is -0.0620. The van der Waals surface area contributed by atoms with E-state index in [4.69, 9.17) is 4.74 Å². The topological polar surface area (TPSA) is 26.3 Å². The van der Waals surface area contributed by atoms with Crippen LogP contribution in [-0.2, 0) is 9.53 Å². The van der Waals surface area contributed by atoms with Crippen LogP contribution in [0.15, 0.2) is 11.8 Å². The number of carbonyl (C=O) groups excluding carboxylic acids is 1. The van der Waals surface area contributed by atoms with Crippen molar-refractivity contribution in [3.8, 4) is 0 Å². The van der Waals surface area contributed by atoms with Gasteiger partial charge >= 0.3 is 5.97 Å². The Morgan fingerprint density at radius 1 is 1.38 bits per heavy atom. The second kappa shape index (κ2) is 5.79. The molecule has 0 bridgehead atoms. The maximum atomic E-state index is 10.9. The molecule has 0 amide bonds. The van der Waals surface area contributed by atoms with E-state index >= 15 is 0 Å². The lowest BCUT2D eigenvalue weighted by molar-refractivity contribution is -0.141. The van der Waals surface area contributed by atoms with Crippen LogP contribution < -0.4 is 0 Å². The van der Waals surface area contributed by atoms with Crippen LogP contribution in [0.25, 0.3) is 0 Å². The Hall–Kier alpha value is -0.790. The molecule has 0 aromatic heterocycles. The summed E-state index contributed by atoms with van der Waals surface area (Å²) >= 11 is 0. The molecular weight excluding hydrogens is 164 g/mol. The Morgan fingerprint density at radius 2 is 2.23 bits per heavy atom. The molecule has 2 heteroatoms. The molecule has 1 aliphatic rings. The number of cyclic esters (lactones) is 1. The molecule has 2 nitrogen and oxygen atoms in total. The number of unbranched alkanes of at least 4 members (excludes halogenated alkanes) is 3. The van der Waals surface area contributed by atoms with Crippen molar-refractivity contribution in [1.29, 1.82) is 0 Å². The van der Waals surface area contributed by atoms with E-state index in [2.05, 4.69) is 13.0 Å². The van der Waals surface area contributed by atoms with Gasteiger partial charge in [-0.15, -0.1) is 0 Å². The SMILES string of the molecule is CCCCCC=C1CCCC(=O)O1. The number of esters is 1. The third-order valence-electron chi connectivity index (χ3n) is 2.23. The van der Waals surface area contributed by atoms with E-state index in [0.29, 0.717) is 6.42 Å². The maximum absolute atomic E-state index is 10.9. The van der Waals surface area contributed by atoms with Gasteiger partial charge in [-0.05, 0) is 25.3 Å². The maximum Gasteiger partial charge on any atom is 0.310 e. The van der Waals surface area contributed by atoms with Gasteiger partial charge in [-0.2, -0.15) is 0 Å². The molecule has 13 heavy (non-hydrogen) atoms. The Kier molecular flexibility index (Phi) is 4.58. The van der Waals surface area contributed by atoms with Crippen LogP contribution in [0.2, 0.25) is 0 Å². The summed E-state index contributed by atoms with van der Waals surface area (Å²) in [6.07, 6.45) is 9.32. The van der Waals surface area contributed by atoms with E-state index in [9.17, 15) is 4.79 Å². The zero-order valence-electron chi connectivity index (χ0n) is 8.34. The van der Waals surface area contributed by atoms with Crippen molar-refractivity contribution in [2.24, 2.45) is 0 Å². The molecule has 0 N–H and O–H groups in total. The van der Waals surface area contributed by atoms with E-state index in [-0.39, 0.29) is 5.97 Å². The highest BCUT2D eigenvalue weighted by molar-refractivity contribution is 5.71. The molecular formula is C11H18O2. The van der Waals surface area contributed by atoms with Crippen LogP contribution in [0, 0.1) is 0 Å². The fraction of sp³-hybridized carbons (Fsp3) is 0.727. The summed E-state index contributed by atoms with van der Waals surface area (Å²) in [6, 6.07) is 0. The molecule has 0 spiro atoms. The van der Waals surface area contributed by atoms with E-state index in [1.165, 1.54) is 19.3 Å². The van der Waals surface area contributed by atoms with Gasteiger partial charge in [0.05, 0.1) is 0 Å². The zero-order chi connectivity index (χ0) is 9.52. The first-order valence-electron chi connectivity index (χ1n) is 5.22. The highest BCUT2D eigenvalue weighted by atomic mass is 16.5. The van der Waals surface area contributed by atoms with Gasteiger partial charge in [0.1, 0.15) is 5.76 Å². The van der Waals surface area contributed by atoms with Gasteiger partial charge in [-0.25, -0.2) is 0 Å². The van der Waals surface area contributed by atoms with Gasteiger partial charge < -0.3 is 4.74 Å². The lowest BCUT2D eigenvalue weighted by Crippen LogP contribution is -2.10. The molecule has 1 rings (SSSR count). The average Bonchev–Trinajstić information content (AvgIpc) is 2.13. The summed E-state index contributed by atoms with van der Waals surface area (Å²) in [5.41, 5.74) is 0. The lowest BCUT2D eigenvalue weighted by Gasteiger charge is -2.13. The van der Waals surface area contributed by atoms with E-state index in [1.54, 1.807) is 0 Å². The highest BCUT2D eigenvalue weighted by Gasteiger charge is 2.13. The van der Waals surface area contributed by atoms with Crippen molar-refractivity contribution in [1.82, 2.24) is 0 Å². The number of allylic oxidation sites excluding steroid dienone is 2. The van der Waals surface area contributed by atoms with E-state index in [0.717, 1.165) is 25.0 Å². The Bertz CT molecular complexity index is 194. The third kappa shape index (κ3) is 4.11. The van der Waals surface area contributed by atoms with E-state index < -0.39 is 0 Å². The predicted molar refractivity (Wildman–Crippen MR) is 52.2 cm³/mol. The Labute approximate surface area is 80.0 Å². The molecule has 1 heterocycles. The van der Waals surface area contributed by atoms with Crippen molar-refractivity contribution in [3.63, 3.8) is 0 Å². The monoisotopic (exact) mass is 182 g/mol. The third-order valence-corrected chi connectivity index (χ3v) is 2.23. The summed E-state index contributed by atoms with van der Waals surface area (Å²) in [4.78, 5) is 10.9. The number of carbonyl (C=O) groups is 1. The number of hydrogen-bond acceptors (Lipinski definition) is 2. The van der Waals surface area contributed by atoms with Crippen LogP contribution in [-0.4, -0.2) is 5.97 Å².